The fourth-order valence-corrected chi connectivity index (χ4v) is 4.46. The van der Waals surface area contributed by atoms with E-state index in [1.54, 1.807) is 17.0 Å². The molecule has 0 radical (unpaired) electrons. The number of likely N-dealkylation sites (tertiary alicyclic amines) is 1. The number of carbonyl (C=O) groups excluding carboxylic acids is 2. The van der Waals surface area contributed by atoms with E-state index in [-0.39, 0.29) is 24.4 Å². The number of carbonyl (C=O) groups is 3. The highest BCUT2D eigenvalue weighted by Gasteiger charge is 2.55. The highest BCUT2D eigenvalue weighted by molar-refractivity contribution is 5.95. The van der Waals surface area contributed by atoms with Crippen LogP contribution in [-0.4, -0.2) is 41.0 Å². The fourth-order valence-electron chi connectivity index (χ4n) is 4.46. The molecule has 1 saturated carbocycles. The van der Waals surface area contributed by atoms with Gasteiger partial charge < -0.3 is 20.6 Å². The zero-order valence-corrected chi connectivity index (χ0v) is 13.9. The largest absolute Gasteiger partial charge is 0.481 e. The van der Waals surface area contributed by atoms with E-state index in [4.69, 9.17) is 0 Å². The average Bonchev–Trinajstić information content (AvgIpc) is 3.13. The number of carboxylic acids is 1. The normalized spacial score (nSPS) is 27.4. The van der Waals surface area contributed by atoms with Gasteiger partial charge in [-0.2, -0.15) is 0 Å². The molecular weight excluding hydrogens is 322 g/mol. The van der Waals surface area contributed by atoms with Crippen LogP contribution >= 0.6 is 0 Å². The quantitative estimate of drug-likeness (QED) is 0.767. The zero-order valence-electron chi connectivity index (χ0n) is 13.9. The molecule has 4 rings (SSSR count). The van der Waals surface area contributed by atoms with Crippen molar-refractivity contribution in [2.45, 2.75) is 32.1 Å². The van der Waals surface area contributed by atoms with Crippen molar-refractivity contribution >= 4 is 29.3 Å². The minimum Gasteiger partial charge on any atom is -0.481 e. The summed E-state index contributed by atoms with van der Waals surface area (Å²) in [5.41, 5.74) is 1.69. The van der Waals surface area contributed by atoms with Crippen molar-refractivity contribution in [3.05, 3.63) is 23.8 Å². The van der Waals surface area contributed by atoms with Gasteiger partial charge in [-0.05, 0) is 48.9 Å². The first-order valence-corrected chi connectivity index (χ1v) is 8.70. The lowest BCUT2D eigenvalue weighted by molar-refractivity contribution is -0.149. The third-order valence-electron chi connectivity index (χ3n) is 5.84. The summed E-state index contributed by atoms with van der Waals surface area (Å²) in [4.78, 5) is 37.3. The third kappa shape index (κ3) is 2.63. The number of carboxylic acid groups (broad SMARTS) is 1. The van der Waals surface area contributed by atoms with Crippen LogP contribution in [0, 0.1) is 11.3 Å². The Kier molecular flexibility index (Phi) is 3.67. The molecule has 25 heavy (non-hydrogen) atoms. The van der Waals surface area contributed by atoms with Crippen LogP contribution in [0.15, 0.2) is 18.2 Å². The summed E-state index contributed by atoms with van der Waals surface area (Å²) in [6.07, 6.45) is 3.53. The van der Waals surface area contributed by atoms with Crippen LogP contribution in [0.3, 0.4) is 0 Å². The number of rotatable bonds is 2. The number of aryl methyl sites for hydroxylation is 1. The van der Waals surface area contributed by atoms with E-state index in [9.17, 15) is 19.5 Å². The van der Waals surface area contributed by atoms with Gasteiger partial charge >= 0.3 is 12.0 Å². The number of nitrogens with one attached hydrogen (secondary N) is 2. The van der Waals surface area contributed by atoms with Gasteiger partial charge in [0.1, 0.15) is 0 Å². The SMILES string of the molecule is O=C1CCc2cc(NC(=O)N3C[C@@H]4CCC[C@@]4(C(=O)O)C3)ccc2N1. The van der Waals surface area contributed by atoms with Crippen molar-refractivity contribution < 1.29 is 19.5 Å². The maximum absolute atomic E-state index is 12.6. The lowest BCUT2D eigenvalue weighted by Gasteiger charge is -2.23. The van der Waals surface area contributed by atoms with Gasteiger partial charge in [-0.25, -0.2) is 4.79 Å². The molecule has 7 heteroatoms. The van der Waals surface area contributed by atoms with Crippen LogP contribution in [-0.2, 0) is 16.0 Å². The number of anilines is 2. The van der Waals surface area contributed by atoms with Gasteiger partial charge in [0.05, 0.1) is 5.41 Å². The number of urea groups is 1. The predicted octanol–water partition coefficient (Wildman–Crippen LogP) is 2.29. The van der Waals surface area contributed by atoms with E-state index in [2.05, 4.69) is 10.6 Å². The van der Waals surface area contributed by atoms with E-state index in [1.165, 1.54) is 0 Å². The van der Waals surface area contributed by atoms with Gasteiger partial charge in [0, 0.05) is 30.9 Å². The molecule has 1 saturated heterocycles. The van der Waals surface area contributed by atoms with Crippen molar-refractivity contribution in [1.82, 2.24) is 4.90 Å². The van der Waals surface area contributed by atoms with Crippen molar-refractivity contribution in [2.75, 3.05) is 23.7 Å². The Balaban J connectivity index is 1.46. The summed E-state index contributed by atoms with van der Waals surface area (Å²) in [6.45, 7) is 0.777. The fraction of sp³-hybridized carbons (Fsp3) is 0.500. The maximum Gasteiger partial charge on any atom is 0.321 e. The second-order valence-electron chi connectivity index (χ2n) is 7.28. The van der Waals surface area contributed by atoms with Gasteiger partial charge in [0.25, 0.3) is 0 Å². The summed E-state index contributed by atoms with van der Waals surface area (Å²) >= 11 is 0. The summed E-state index contributed by atoms with van der Waals surface area (Å²) in [5.74, 6) is -0.726. The van der Waals surface area contributed by atoms with Crippen molar-refractivity contribution in [2.24, 2.45) is 11.3 Å². The number of hydrogen-bond donors (Lipinski definition) is 3. The molecule has 132 valence electrons. The standard InChI is InChI=1S/C18H21N3O4/c22-15-6-3-11-8-13(4-5-14(11)20-15)19-17(25)21-9-12-2-1-7-18(12,10-21)16(23)24/h4-5,8,12H,1-3,6-7,9-10H2,(H,19,25)(H,20,22)(H,23,24)/t12-,18+/m0/s1. The Morgan fingerprint density at radius 2 is 2.16 bits per heavy atom. The van der Waals surface area contributed by atoms with E-state index < -0.39 is 11.4 Å². The van der Waals surface area contributed by atoms with Gasteiger partial charge in [-0.3, -0.25) is 9.59 Å². The van der Waals surface area contributed by atoms with Crippen LogP contribution in [0.25, 0.3) is 0 Å². The number of amides is 3. The molecule has 0 bridgehead atoms. The van der Waals surface area contributed by atoms with Crippen molar-refractivity contribution in [3.8, 4) is 0 Å². The minimum absolute atomic E-state index is 0.00635. The molecule has 1 aromatic carbocycles. The molecule has 3 N–H and O–H groups in total. The molecule has 2 atom stereocenters. The van der Waals surface area contributed by atoms with Gasteiger partial charge in [-0.1, -0.05) is 6.42 Å². The van der Waals surface area contributed by atoms with E-state index in [0.717, 1.165) is 24.1 Å². The topological polar surface area (TPSA) is 98.7 Å². The van der Waals surface area contributed by atoms with Gasteiger partial charge in [-0.15, -0.1) is 0 Å². The average molecular weight is 343 g/mol. The first kappa shape index (κ1) is 15.9. The van der Waals surface area contributed by atoms with Crippen LogP contribution in [0.5, 0.6) is 0 Å². The van der Waals surface area contributed by atoms with Gasteiger partial charge in [0.15, 0.2) is 0 Å². The van der Waals surface area contributed by atoms with E-state index in [1.807, 2.05) is 6.07 Å². The molecule has 7 nitrogen and oxygen atoms in total. The third-order valence-corrected chi connectivity index (χ3v) is 5.84. The lowest BCUT2D eigenvalue weighted by atomic mass is 9.81. The number of nitrogens with zero attached hydrogens (tertiary/aromatic N) is 1. The predicted molar refractivity (Wildman–Crippen MR) is 91.4 cm³/mol. The first-order chi connectivity index (χ1) is 12.0. The number of fused-ring (bicyclic) bond motifs is 2. The van der Waals surface area contributed by atoms with Crippen LogP contribution in [0.4, 0.5) is 16.2 Å². The zero-order chi connectivity index (χ0) is 17.6. The minimum atomic E-state index is -0.783. The molecule has 2 heterocycles. The van der Waals surface area contributed by atoms with Gasteiger partial charge in [0.2, 0.25) is 5.91 Å². The highest BCUT2D eigenvalue weighted by Crippen LogP contribution is 2.48. The molecule has 0 aromatic heterocycles. The van der Waals surface area contributed by atoms with Crippen LogP contribution in [0.2, 0.25) is 0 Å². The highest BCUT2D eigenvalue weighted by atomic mass is 16.4. The Labute approximate surface area is 145 Å². The molecule has 0 unspecified atom stereocenters. The monoisotopic (exact) mass is 343 g/mol. The van der Waals surface area contributed by atoms with Crippen molar-refractivity contribution in [3.63, 3.8) is 0 Å². The summed E-state index contributed by atoms with van der Waals surface area (Å²) in [6, 6.07) is 5.16. The second-order valence-corrected chi connectivity index (χ2v) is 7.28. The van der Waals surface area contributed by atoms with E-state index >= 15 is 0 Å². The Bertz CT molecular complexity index is 763. The molecule has 2 aliphatic heterocycles. The summed E-state index contributed by atoms with van der Waals surface area (Å²) in [7, 11) is 0. The maximum atomic E-state index is 12.6. The van der Waals surface area contributed by atoms with Crippen LogP contribution < -0.4 is 10.6 Å². The number of benzene rings is 1. The molecule has 1 aromatic rings. The molecule has 3 amide bonds. The molecule has 0 spiro atoms. The smallest absolute Gasteiger partial charge is 0.321 e. The molecular formula is C18H21N3O4. The van der Waals surface area contributed by atoms with E-state index in [0.29, 0.717) is 31.5 Å². The Morgan fingerprint density at radius 1 is 1.32 bits per heavy atom. The summed E-state index contributed by atoms with van der Waals surface area (Å²) in [5, 5.41) is 15.3. The summed E-state index contributed by atoms with van der Waals surface area (Å²) < 4.78 is 0. The number of aliphatic carboxylic acids is 1. The van der Waals surface area contributed by atoms with Crippen molar-refractivity contribution in [1.29, 1.82) is 0 Å². The second kappa shape index (κ2) is 5.75. The first-order valence-electron chi connectivity index (χ1n) is 8.70. The Morgan fingerprint density at radius 3 is 2.92 bits per heavy atom. The number of hydrogen-bond acceptors (Lipinski definition) is 3. The molecule has 3 aliphatic rings. The lowest BCUT2D eigenvalue weighted by Crippen LogP contribution is -2.38. The van der Waals surface area contributed by atoms with Crippen LogP contribution in [0.1, 0.15) is 31.2 Å². The Hall–Kier alpha value is -2.57. The molecule has 2 fully saturated rings. The molecule has 1 aliphatic carbocycles.